The molecule has 1 fully saturated rings. The minimum atomic E-state index is -0.0469. The number of carbonyl (C=O) groups excluding carboxylic acids is 1. The first-order valence-electron chi connectivity index (χ1n) is 8.04. The second-order valence-corrected chi connectivity index (χ2v) is 7.49. The second kappa shape index (κ2) is 8.93. The highest BCUT2D eigenvalue weighted by Gasteiger charge is 2.32. The molecule has 1 heterocycles. The summed E-state index contributed by atoms with van der Waals surface area (Å²) in [6.45, 7) is 7.33. The molecule has 0 bridgehead atoms. The third kappa shape index (κ3) is 5.00. The van der Waals surface area contributed by atoms with Gasteiger partial charge in [0.1, 0.15) is 10.9 Å². The standard InChI is InChI=1S/C19H21NO3S2/c1-5-9-23-15-8-7-14(10-16(15)22-6-2)11-17-18(21)20(12-13(3)4)19(24)25-17/h1,7-8,10-11,13H,6,9,12H2,2-4H3/b17-11+. The summed E-state index contributed by atoms with van der Waals surface area (Å²) in [6.07, 6.45) is 7.06. The lowest BCUT2D eigenvalue weighted by molar-refractivity contribution is -0.122. The Hall–Kier alpha value is -1.97. The molecule has 25 heavy (non-hydrogen) atoms. The van der Waals surface area contributed by atoms with Crippen LogP contribution in [0.15, 0.2) is 23.1 Å². The molecule has 0 saturated carbocycles. The van der Waals surface area contributed by atoms with Gasteiger partial charge < -0.3 is 9.47 Å². The fourth-order valence-electron chi connectivity index (χ4n) is 2.30. The number of benzene rings is 1. The van der Waals surface area contributed by atoms with Crippen molar-refractivity contribution in [2.24, 2.45) is 5.92 Å². The minimum absolute atomic E-state index is 0.0469. The SMILES string of the molecule is C#CCOc1ccc(/C=C2/SC(=S)N(CC(C)C)C2=O)cc1OCC. The quantitative estimate of drug-likeness (QED) is 0.410. The number of thiocarbonyl (C=S) groups is 1. The van der Waals surface area contributed by atoms with Gasteiger partial charge in [-0.15, -0.1) is 6.42 Å². The number of hydrogen-bond acceptors (Lipinski definition) is 5. The average Bonchev–Trinajstić information content (AvgIpc) is 2.81. The van der Waals surface area contributed by atoms with Crippen LogP contribution in [-0.2, 0) is 4.79 Å². The fraction of sp³-hybridized carbons (Fsp3) is 0.368. The first-order valence-corrected chi connectivity index (χ1v) is 9.27. The van der Waals surface area contributed by atoms with Crippen LogP contribution >= 0.6 is 24.0 Å². The lowest BCUT2D eigenvalue weighted by Gasteiger charge is -2.16. The van der Waals surface area contributed by atoms with Gasteiger partial charge in [0.2, 0.25) is 0 Å². The summed E-state index contributed by atoms with van der Waals surface area (Å²) < 4.78 is 11.7. The molecule has 1 saturated heterocycles. The van der Waals surface area contributed by atoms with Gasteiger partial charge in [-0.25, -0.2) is 0 Å². The zero-order valence-electron chi connectivity index (χ0n) is 14.6. The molecule has 1 aromatic carbocycles. The highest BCUT2D eigenvalue weighted by atomic mass is 32.2. The largest absolute Gasteiger partial charge is 0.490 e. The second-order valence-electron chi connectivity index (χ2n) is 5.82. The first kappa shape index (κ1) is 19.4. The molecule has 132 valence electrons. The topological polar surface area (TPSA) is 38.8 Å². The Morgan fingerprint density at radius 1 is 1.36 bits per heavy atom. The summed E-state index contributed by atoms with van der Waals surface area (Å²) in [7, 11) is 0. The Labute approximate surface area is 158 Å². The van der Waals surface area contributed by atoms with Crippen LogP contribution in [-0.4, -0.2) is 34.9 Å². The number of thioether (sulfide) groups is 1. The summed E-state index contributed by atoms with van der Waals surface area (Å²) >= 11 is 6.66. The number of nitrogens with zero attached hydrogens (tertiary/aromatic N) is 1. The van der Waals surface area contributed by atoms with Crippen LogP contribution in [0.4, 0.5) is 0 Å². The predicted octanol–water partition coefficient (Wildman–Crippen LogP) is 3.95. The smallest absolute Gasteiger partial charge is 0.266 e. The number of terminal acetylenes is 1. The number of ether oxygens (including phenoxy) is 2. The lowest BCUT2D eigenvalue weighted by Crippen LogP contribution is -2.31. The van der Waals surface area contributed by atoms with E-state index < -0.39 is 0 Å². The Bertz CT molecular complexity index is 735. The minimum Gasteiger partial charge on any atom is -0.490 e. The van der Waals surface area contributed by atoms with E-state index >= 15 is 0 Å². The Kier molecular flexibility index (Phi) is 6.91. The van der Waals surface area contributed by atoms with Crippen LogP contribution in [0.25, 0.3) is 6.08 Å². The molecule has 0 spiro atoms. The van der Waals surface area contributed by atoms with E-state index in [2.05, 4.69) is 19.8 Å². The Morgan fingerprint density at radius 2 is 2.12 bits per heavy atom. The van der Waals surface area contributed by atoms with E-state index in [0.717, 1.165) is 5.56 Å². The molecular weight excluding hydrogens is 354 g/mol. The van der Waals surface area contributed by atoms with Gasteiger partial charge >= 0.3 is 0 Å². The Balaban J connectivity index is 2.25. The molecule has 0 aromatic heterocycles. The summed E-state index contributed by atoms with van der Waals surface area (Å²) in [5.41, 5.74) is 0.849. The molecule has 4 nitrogen and oxygen atoms in total. The molecule has 6 heteroatoms. The van der Waals surface area contributed by atoms with Crippen LogP contribution in [0.5, 0.6) is 11.5 Å². The van der Waals surface area contributed by atoms with E-state index in [4.69, 9.17) is 28.1 Å². The van der Waals surface area contributed by atoms with Gasteiger partial charge in [0.15, 0.2) is 11.5 Å². The first-order chi connectivity index (χ1) is 12.0. The molecule has 0 atom stereocenters. The average molecular weight is 376 g/mol. The van der Waals surface area contributed by atoms with Crippen molar-refractivity contribution in [1.29, 1.82) is 0 Å². The summed E-state index contributed by atoms with van der Waals surface area (Å²) in [5, 5.41) is 0. The molecule has 1 amide bonds. The van der Waals surface area contributed by atoms with Crippen molar-refractivity contribution >= 4 is 40.3 Å². The van der Waals surface area contributed by atoms with Gasteiger partial charge in [-0.3, -0.25) is 9.69 Å². The van der Waals surface area contributed by atoms with E-state index in [-0.39, 0.29) is 12.5 Å². The van der Waals surface area contributed by atoms with Crippen molar-refractivity contribution in [1.82, 2.24) is 4.90 Å². The highest BCUT2D eigenvalue weighted by Crippen LogP contribution is 2.35. The number of hydrogen-bond donors (Lipinski definition) is 0. The van der Waals surface area contributed by atoms with Crippen LogP contribution in [0, 0.1) is 18.3 Å². The zero-order chi connectivity index (χ0) is 18.4. The van der Waals surface area contributed by atoms with Gasteiger partial charge in [-0.1, -0.05) is 49.8 Å². The number of rotatable bonds is 7. The van der Waals surface area contributed by atoms with Gasteiger partial charge in [0.05, 0.1) is 11.5 Å². The van der Waals surface area contributed by atoms with Crippen LogP contribution < -0.4 is 9.47 Å². The predicted molar refractivity (Wildman–Crippen MR) is 107 cm³/mol. The lowest BCUT2D eigenvalue weighted by atomic mass is 10.1. The van der Waals surface area contributed by atoms with Crippen LogP contribution in [0.2, 0.25) is 0 Å². The molecule has 0 aliphatic carbocycles. The zero-order valence-corrected chi connectivity index (χ0v) is 16.2. The van der Waals surface area contributed by atoms with Crippen molar-refractivity contribution in [3.8, 4) is 23.8 Å². The molecule has 1 aliphatic heterocycles. The molecule has 0 unspecified atom stereocenters. The normalized spacial score (nSPS) is 15.8. The Morgan fingerprint density at radius 3 is 2.76 bits per heavy atom. The van der Waals surface area contributed by atoms with Gasteiger partial charge in [0, 0.05) is 6.54 Å². The molecule has 0 radical (unpaired) electrons. The van der Waals surface area contributed by atoms with Crippen molar-refractivity contribution in [2.45, 2.75) is 20.8 Å². The van der Waals surface area contributed by atoms with E-state index in [1.165, 1.54) is 11.8 Å². The number of carbonyl (C=O) groups is 1. The van der Waals surface area contributed by atoms with Crippen LogP contribution in [0.3, 0.4) is 0 Å². The molecule has 0 N–H and O–H groups in total. The van der Waals surface area contributed by atoms with Crippen molar-refractivity contribution < 1.29 is 14.3 Å². The van der Waals surface area contributed by atoms with E-state index in [1.54, 1.807) is 11.0 Å². The van der Waals surface area contributed by atoms with E-state index in [1.807, 2.05) is 25.1 Å². The highest BCUT2D eigenvalue weighted by molar-refractivity contribution is 8.26. The van der Waals surface area contributed by atoms with Crippen molar-refractivity contribution in [2.75, 3.05) is 19.8 Å². The van der Waals surface area contributed by atoms with E-state index in [0.29, 0.717) is 39.8 Å². The fourth-order valence-corrected chi connectivity index (χ4v) is 3.57. The van der Waals surface area contributed by atoms with Crippen molar-refractivity contribution in [3.63, 3.8) is 0 Å². The maximum absolute atomic E-state index is 12.5. The van der Waals surface area contributed by atoms with Crippen molar-refractivity contribution in [3.05, 3.63) is 28.7 Å². The third-order valence-electron chi connectivity index (χ3n) is 3.30. The summed E-state index contributed by atoms with van der Waals surface area (Å²) in [6, 6.07) is 5.50. The van der Waals surface area contributed by atoms with Crippen LogP contribution in [0.1, 0.15) is 26.3 Å². The molecule has 1 aliphatic rings. The van der Waals surface area contributed by atoms with E-state index in [9.17, 15) is 4.79 Å². The monoisotopic (exact) mass is 375 g/mol. The summed E-state index contributed by atoms with van der Waals surface area (Å²) in [5.74, 6) is 3.93. The molecule has 2 rings (SSSR count). The maximum Gasteiger partial charge on any atom is 0.266 e. The van der Waals surface area contributed by atoms with Gasteiger partial charge in [-0.05, 0) is 36.6 Å². The summed E-state index contributed by atoms with van der Waals surface area (Å²) in [4.78, 5) is 14.8. The molecule has 1 aromatic rings. The van der Waals surface area contributed by atoms with Gasteiger partial charge in [0.25, 0.3) is 5.91 Å². The number of amides is 1. The maximum atomic E-state index is 12.5. The third-order valence-corrected chi connectivity index (χ3v) is 4.68. The van der Waals surface area contributed by atoms with Gasteiger partial charge in [-0.2, -0.15) is 0 Å². The molecular formula is C19H21NO3S2.